The highest BCUT2D eigenvalue weighted by Gasteiger charge is 2.19. The highest BCUT2D eigenvalue weighted by molar-refractivity contribution is 7.99. The van der Waals surface area contributed by atoms with Crippen LogP contribution in [0.1, 0.15) is 19.0 Å². The van der Waals surface area contributed by atoms with Gasteiger partial charge in [0, 0.05) is 11.4 Å². The quantitative estimate of drug-likeness (QED) is 0.673. The lowest BCUT2D eigenvalue weighted by Crippen LogP contribution is -1.99. The van der Waals surface area contributed by atoms with Crippen LogP contribution in [0, 0.1) is 6.92 Å². The van der Waals surface area contributed by atoms with E-state index in [1.807, 2.05) is 25.1 Å². The van der Waals surface area contributed by atoms with E-state index in [1.54, 1.807) is 11.8 Å². The highest BCUT2D eigenvalue weighted by atomic mass is 32.2. The number of aromatic nitrogens is 5. The Morgan fingerprint density at radius 1 is 1.14 bits per heavy atom. The minimum absolute atomic E-state index is 0.812. The summed E-state index contributed by atoms with van der Waals surface area (Å²) >= 11 is 3.07. The third-order valence-electron chi connectivity index (χ3n) is 2.94. The maximum Gasteiger partial charge on any atom is 0.196 e. The Hall–Kier alpha value is -1.73. The van der Waals surface area contributed by atoms with Crippen LogP contribution in [0.5, 0.6) is 0 Å². The summed E-state index contributed by atoms with van der Waals surface area (Å²) in [5, 5.41) is 13.7. The van der Waals surface area contributed by atoms with E-state index < -0.39 is 0 Å². The molecule has 0 unspecified atom stereocenters. The molecule has 0 N–H and O–H groups in total. The summed E-state index contributed by atoms with van der Waals surface area (Å²) in [6.07, 6.45) is 1.10. The average Bonchev–Trinajstić information content (AvgIpc) is 3.11. The fourth-order valence-electron chi connectivity index (χ4n) is 1.95. The molecule has 0 aliphatic carbocycles. The van der Waals surface area contributed by atoms with Gasteiger partial charge in [0.15, 0.2) is 11.0 Å². The van der Waals surface area contributed by atoms with Gasteiger partial charge in [-0.3, -0.25) is 4.57 Å². The fraction of sp³-hybridized carbons (Fsp3) is 0.286. The number of rotatable bonds is 5. The van der Waals surface area contributed by atoms with E-state index in [-0.39, 0.29) is 0 Å². The predicted octanol–water partition coefficient (Wildman–Crippen LogP) is 3.60. The summed E-state index contributed by atoms with van der Waals surface area (Å²) < 4.78 is 6.09. The molecule has 7 heteroatoms. The van der Waals surface area contributed by atoms with Crippen LogP contribution in [0.25, 0.3) is 16.4 Å². The van der Waals surface area contributed by atoms with Crippen LogP contribution in [-0.4, -0.2) is 30.1 Å². The van der Waals surface area contributed by atoms with Gasteiger partial charge in [0.2, 0.25) is 0 Å². The topological polar surface area (TPSA) is 56.5 Å². The number of aryl methyl sites for hydroxylation is 1. The van der Waals surface area contributed by atoms with Gasteiger partial charge in [-0.15, -0.1) is 15.3 Å². The summed E-state index contributed by atoms with van der Waals surface area (Å²) in [6, 6.07) is 10.2. The molecule has 108 valence electrons. The molecule has 0 radical (unpaired) electrons. The Bertz CT molecular complexity index is 720. The summed E-state index contributed by atoms with van der Waals surface area (Å²) in [6.45, 7) is 4.11. The van der Waals surface area contributed by atoms with Crippen molar-refractivity contribution in [3.63, 3.8) is 0 Å². The van der Waals surface area contributed by atoms with E-state index in [9.17, 15) is 0 Å². The maximum absolute atomic E-state index is 4.37. The van der Waals surface area contributed by atoms with Crippen molar-refractivity contribution in [2.75, 3.05) is 5.75 Å². The summed E-state index contributed by atoms with van der Waals surface area (Å²) in [5.74, 6) is 1.83. The van der Waals surface area contributed by atoms with Crippen LogP contribution in [0.3, 0.4) is 0 Å². The average molecular weight is 317 g/mol. The van der Waals surface area contributed by atoms with Gasteiger partial charge in [0.25, 0.3) is 0 Å². The normalized spacial score (nSPS) is 11.0. The van der Waals surface area contributed by atoms with Crippen LogP contribution in [0.4, 0.5) is 0 Å². The number of hydrogen-bond acceptors (Lipinski definition) is 6. The minimum atomic E-state index is 0.812. The Labute approximate surface area is 131 Å². The molecule has 0 saturated carbocycles. The van der Waals surface area contributed by atoms with Gasteiger partial charge in [-0.05, 0) is 37.0 Å². The standard InChI is InChI=1S/C14H15N5S2/c1-3-9-20-14-17-16-13(12-10(2)15-18-21-12)19(14)11-7-5-4-6-8-11/h4-8H,3,9H2,1-2H3. The van der Waals surface area contributed by atoms with Gasteiger partial charge in [-0.2, -0.15) is 0 Å². The van der Waals surface area contributed by atoms with E-state index in [0.29, 0.717) is 0 Å². The lowest BCUT2D eigenvalue weighted by atomic mass is 10.3. The van der Waals surface area contributed by atoms with E-state index in [4.69, 9.17) is 0 Å². The van der Waals surface area contributed by atoms with Crippen LogP contribution in [0.15, 0.2) is 35.5 Å². The molecule has 0 aliphatic heterocycles. The molecule has 2 aromatic heterocycles. The van der Waals surface area contributed by atoms with Crippen LogP contribution >= 0.6 is 23.3 Å². The zero-order valence-corrected chi connectivity index (χ0v) is 13.5. The summed E-state index contributed by atoms with van der Waals surface area (Å²) in [5.41, 5.74) is 1.94. The van der Waals surface area contributed by atoms with Gasteiger partial charge >= 0.3 is 0 Å². The van der Waals surface area contributed by atoms with Crippen LogP contribution < -0.4 is 0 Å². The largest absolute Gasteiger partial charge is 0.269 e. The second-order valence-corrected chi connectivity index (χ2v) is 6.33. The van der Waals surface area contributed by atoms with Crippen molar-refractivity contribution in [1.82, 2.24) is 24.4 Å². The Balaban J connectivity index is 2.13. The summed E-state index contributed by atoms with van der Waals surface area (Å²) in [7, 11) is 0. The first-order chi connectivity index (χ1) is 10.3. The van der Waals surface area contributed by atoms with Gasteiger partial charge < -0.3 is 0 Å². The molecule has 3 rings (SSSR count). The number of hydrogen-bond donors (Lipinski definition) is 0. The molecule has 21 heavy (non-hydrogen) atoms. The van der Waals surface area contributed by atoms with Crippen LogP contribution in [0.2, 0.25) is 0 Å². The van der Waals surface area contributed by atoms with E-state index in [2.05, 4.69) is 43.4 Å². The first kappa shape index (κ1) is 14.2. The third-order valence-corrected chi connectivity index (χ3v) is 4.90. The fourth-order valence-corrected chi connectivity index (χ4v) is 3.39. The molecule has 5 nitrogen and oxygen atoms in total. The lowest BCUT2D eigenvalue weighted by molar-refractivity contribution is 0.884. The van der Waals surface area contributed by atoms with Crippen molar-refractivity contribution in [2.45, 2.75) is 25.4 Å². The first-order valence-electron chi connectivity index (χ1n) is 6.74. The number of para-hydroxylation sites is 1. The third kappa shape index (κ3) is 2.84. The van der Waals surface area contributed by atoms with Crippen molar-refractivity contribution in [2.24, 2.45) is 0 Å². The second kappa shape index (κ2) is 6.36. The van der Waals surface area contributed by atoms with Crippen LogP contribution in [-0.2, 0) is 0 Å². The number of nitrogens with zero attached hydrogens (tertiary/aromatic N) is 5. The van der Waals surface area contributed by atoms with Gasteiger partial charge in [-0.25, -0.2) is 0 Å². The first-order valence-corrected chi connectivity index (χ1v) is 8.50. The van der Waals surface area contributed by atoms with Crippen molar-refractivity contribution in [3.05, 3.63) is 36.0 Å². The van der Waals surface area contributed by atoms with E-state index in [0.717, 1.165) is 39.4 Å². The monoisotopic (exact) mass is 317 g/mol. The predicted molar refractivity (Wildman–Crippen MR) is 86.0 cm³/mol. The smallest absolute Gasteiger partial charge is 0.196 e. The molecule has 0 fully saturated rings. The molecule has 0 amide bonds. The van der Waals surface area contributed by atoms with Crippen molar-refractivity contribution in [1.29, 1.82) is 0 Å². The van der Waals surface area contributed by atoms with E-state index in [1.165, 1.54) is 11.5 Å². The molecule has 2 heterocycles. The summed E-state index contributed by atoms with van der Waals surface area (Å²) in [4.78, 5) is 0.967. The Morgan fingerprint density at radius 3 is 2.62 bits per heavy atom. The minimum Gasteiger partial charge on any atom is -0.269 e. The molecular formula is C14H15N5S2. The van der Waals surface area contributed by atoms with E-state index >= 15 is 0 Å². The number of thioether (sulfide) groups is 1. The van der Waals surface area contributed by atoms with Gasteiger partial charge in [0.05, 0.1) is 5.69 Å². The Kier molecular flexibility index (Phi) is 4.31. The molecule has 0 spiro atoms. The molecule has 0 bridgehead atoms. The van der Waals surface area contributed by atoms with Gasteiger partial charge in [0.1, 0.15) is 4.88 Å². The van der Waals surface area contributed by atoms with Crippen molar-refractivity contribution < 1.29 is 0 Å². The SMILES string of the molecule is CCCSc1nnc(-c2snnc2C)n1-c1ccccc1. The highest BCUT2D eigenvalue weighted by Crippen LogP contribution is 2.30. The molecule has 0 aliphatic rings. The molecule has 1 aromatic carbocycles. The van der Waals surface area contributed by atoms with Gasteiger partial charge in [-0.1, -0.05) is 41.4 Å². The molecule has 0 atom stereocenters. The zero-order valence-electron chi connectivity index (χ0n) is 11.9. The molecular weight excluding hydrogens is 302 g/mol. The van der Waals surface area contributed by atoms with Crippen molar-refractivity contribution in [3.8, 4) is 16.4 Å². The second-order valence-electron chi connectivity index (χ2n) is 4.51. The molecule has 3 aromatic rings. The lowest BCUT2D eigenvalue weighted by Gasteiger charge is -2.08. The number of benzene rings is 1. The molecule has 0 saturated heterocycles. The Morgan fingerprint density at radius 2 is 1.95 bits per heavy atom. The maximum atomic E-state index is 4.37. The van der Waals surface area contributed by atoms with Crippen molar-refractivity contribution >= 4 is 23.3 Å². The zero-order chi connectivity index (χ0) is 14.7.